The van der Waals surface area contributed by atoms with Gasteiger partial charge in [-0.2, -0.15) is 0 Å². The Labute approximate surface area is 128 Å². The minimum Gasteiger partial charge on any atom is -0.484 e. The Hall–Kier alpha value is -2.89. The van der Waals surface area contributed by atoms with Gasteiger partial charge in [0.05, 0.1) is 0 Å². The zero-order chi connectivity index (χ0) is 15.9. The maximum atomic E-state index is 11.7. The fourth-order valence-electron chi connectivity index (χ4n) is 1.73. The molecule has 2 amide bonds. The van der Waals surface area contributed by atoms with E-state index < -0.39 is 0 Å². The van der Waals surface area contributed by atoms with Crippen LogP contribution in [0.15, 0.2) is 48.8 Å². The average Bonchev–Trinajstić information content (AvgIpc) is 2.53. The van der Waals surface area contributed by atoms with Gasteiger partial charge in [0.1, 0.15) is 5.75 Å². The third-order valence-corrected chi connectivity index (χ3v) is 3.03. The number of aromatic nitrogens is 1. The first-order valence-corrected chi connectivity index (χ1v) is 6.73. The molecular weight excluding hydrogens is 282 g/mol. The second-order valence-electron chi connectivity index (χ2n) is 4.64. The van der Waals surface area contributed by atoms with Crippen LogP contribution in [-0.2, 0) is 9.59 Å². The molecule has 0 saturated carbocycles. The van der Waals surface area contributed by atoms with Gasteiger partial charge in [-0.25, -0.2) is 0 Å². The summed E-state index contributed by atoms with van der Waals surface area (Å²) in [7, 11) is 1.69. The summed E-state index contributed by atoms with van der Waals surface area (Å²) in [5.74, 6) is 0.257. The van der Waals surface area contributed by atoms with Gasteiger partial charge in [-0.05, 0) is 36.4 Å². The molecule has 6 heteroatoms. The van der Waals surface area contributed by atoms with Crippen LogP contribution in [0.2, 0.25) is 0 Å². The van der Waals surface area contributed by atoms with Gasteiger partial charge >= 0.3 is 0 Å². The Morgan fingerprint density at radius 2 is 1.77 bits per heavy atom. The molecule has 0 unspecified atom stereocenters. The molecule has 0 aliphatic rings. The van der Waals surface area contributed by atoms with Crippen molar-refractivity contribution in [3.05, 3.63) is 48.8 Å². The number of hydrogen-bond acceptors (Lipinski definition) is 4. The van der Waals surface area contributed by atoms with E-state index >= 15 is 0 Å². The second kappa shape index (κ2) is 7.21. The molecule has 6 nitrogen and oxygen atoms in total. The van der Waals surface area contributed by atoms with E-state index in [-0.39, 0.29) is 18.4 Å². The predicted molar refractivity (Wildman–Crippen MR) is 83.9 cm³/mol. The molecule has 1 N–H and O–H groups in total. The van der Waals surface area contributed by atoms with Crippen LogP contribution in [0.1, 0.15) is 6.92 Å². The third kappa shape index (κ3) is 4.31. The van der Waals surface area contributed by atoms with E-state index in [1.54, 1.807) is 55.8 Å². The monoisotopic (exact) mass is 299 g/mol. The molecule has 0 aliphatic heterocycles. The highest BCUT2D eigenvalue weighted by Gasteiger charge is 2.06. The summed E-state index contributed by atoms with van der Waals surface area (Å²) in [6, 6.07) is 10.4. The molecule has 22 heavy (non-hydrogen) atoms. The Morgan fingerprint density at radius 3 is 2.36 bits per heavy atom. The maximum absolute atomic E-state index is 11.7. The van der Waals surface area contributed by atoms with Crippen molar-refractivity contribution < 1.29 is 14.3 Å². The van der Waals surface area contributed by atoms with Crippen molar-refractivity contribution >= 4 is 23.2 Å². The Morgan fingerprint density at radius 1 is 1.14 bits per heavy atom. The van der Waals surface area contributed by atoms with Crippen LogP contribution in [0.5, 0.6) is 5.75 Å². The van der Waals surface area contributed by atoms with Crippen molar-refractivity contribution in [2.45, 2.75) is 6.92 Å². The lowest BCUT2D eigenvalue weighted by Gasteiger charge is -2.15. The second-order valence-corrected chi connectivity index (χ2v) is 4.64. The van der Waals surface area contributed by atoms with Crippen molar-refractivity contribution in [3.63, 3.8) is 0 Å². The molecule has 0 fully saturated rings. The molecule has 0 aliphatic carbocycles. The van der Waals surface area contributed by atoms with Gasteiger partial charge in [-0.15, -0.1) is 0 Å². The van der Waals surface area contributed by atoms with Gasteiger partial charge in [0, 0.05) is 37.7 Å². The Bertz CT molecular complexity index is 641. The van der Waals surface area contributed by atoms with E-state index in [4.69, 9.17) is 4.74 Å². The summed E-state index contributed by atoms with van der Waals surface area (Å²) < 4.78 is 5.40. The highest BCUT2D eigenvalue weighted by Crippen LogP contribution is 2.18. The van der Waals surface area contributed by atoms with E-state index in [1.165, 1.54) is 11.8 Å². The molecule has 2 rings (SSSR count). The maximum Gasteiger partial charge on any atom is 0.262 e. The molecule has 1 aromatic heterocycles. The number of rotatable bonds is 5. The fourth-order valence-corrected chi connectivity index (χ4v) is 1.73. The van der Waals surface area contributed by atoms with Crippen LogP contribution in [-0.4, -0.2) is 30.5 Å². The predicted octanol–water partition coefficient (Wildman–Crippen LogP) is 2.08. The van der Waals surface area contributed by atoms with Crippen molar-refractivity contribution in [2.24, 2.45) is 0 Å². The number of pyridine rings is 1. The van der Waals surface area contributed by atoms with Crippen LogP contribution in [0.25, 0.3) is 0 Å². The average molecular weight is 299 g/mol. The zero-order valence-corrected chi connectivity index (χ0v) is 12.4. The van der Waals surface area contributed by atoms with Gasteiger partial charge < -0.3 is 15.0 Å². The van der Waals surface area contributed by atoms with Crippen LogP contribution in [0, 0.1) is 0 Å². The Kier molecular flexibility index (Phi) is 5.08. The number of benzene rings is 1. The van der Waals surface area contributed by atoms with Crippen molar-refractivity contribution in [3.8, 4) is 5.75 Å². The van der Waals surface area contributed by atoms with Gasteiger partial charge in [0.2, 0.25) is 5.91 Å². The number of carbonyl (C=O) groups is 2. The molecule has 0 saturated heterocycles. The number of nitrogens with one attached hydrogen (secondary N) is 1. The van der Waals surface area contributed by atoms with E-state index in [0.717, 1.165) is 5.69 Å². The van der Waals surface area contributed by atoms with Crippen LogP contribution < -0.4 is 15.0 Å². The normalized spacial score (nSPS) is 9.91. The first-order chi connectivity index (χ1) is 10.6. The summed E-state index contributed by atoms with van der Waals surface area (Å²) >= 11 is 0. The van der Waals surface area contributed by atoms with Crippen LogP contribution in [0.4, 0.5) is 11.4 Å². The van der Waals surface area contributed by atoms with E-state index in [9.17, 15) is 9.59 Å². The minimum atomic E-state index is -0.254. The van der Waals surface area contributed by atoms with Gasteiger partial charge in [0.25, 0.3) is 5.91 Å². The zero-order valence-electron chi connectivity index (χ0n) is 12.4. The molecule has 0 spiro atoms. The van der Waals surface area contributed by atoms with Gasteiger partial charge in [0.15, 0.2) is 6.61 Å². The van der Waals surface area contributed by atoms with Gasteiger partial charge in [-0.1, -0.05) is 0 Å². The van der Waals surface area contributed by atoms with Crippen LogP contribution in [0.3, 0.4) is 0 Å². The summed E-state index contributed by atoms with van der Waals surface area (Å²) in [6.45, 7) is 1.40. The van der Waals surface area contributed by atoms with Crippen molar-refractivity contribution in [2.75, 3.05) is 23.9 Å². The SMILES string of the molecule is CC(=O)N(C)c1ccc(OCC(=O)Nc2ccncc2)cc1. The fraction of sp³-hybridized carbons (Fsp3) is 0.188. The number of ether oxygens (including phenoxy) is 1. The smallest absolute Gasteiger partial charge is 0.262 e. The third-order valence-electron chi connectivity index (χ3n) is 3.03. The minimum absolute atomic E-state index is 0.0506. The number of hydrogen-bond donors (Lipinski definition) is 1. The van der Waals surface area contributed by atoms with Gasteiger partial charge in [-0.3, -0.25) is 14.6 Å². The molecule has 1 aromatic carbocycles. The first kappa shape index (κ1) is 15.5. The van der Waals surface area contributed by atoms with E-state index in [0.29, 0.717) is 11.4 Å². The summed E-state index contributed by atoms with van der Waals surface area (Å²) in [4.78, 5) is 28.4. The molecule has 1 heterocycles. The largest absolute Gasteiger partial charge is 0.484 e. The van der Waals surface area contributed by atoms with Crippen molar-refractivity contribution in [1.29, 1.82) is 0 Å². The van der Waals surface area contributed by atoms with Crippen molar-refractivity contribution in [1.82, 2.24) is 4.98 Å². The van der Waals surface area contributed by atoms with E-state index in [1.807, 2.05) is 0 Å². The highest BCUT2D eigenvalue weighted by molar-refractivity contribution is 5.92. The molecule has 0 atom stereocenters. The summed E-state index contributed by atoms with van der Waals surface area (Å²) in [5, 5.41) is 2.70. The highest BCUT2D eigenvalue weighted by atomic mass is 16.5. The lowest BCUT2D eigenvalue weighted by Crippen LogP contribution is -2.22. The molecule has 0 radical (unpaired) electrons. The molecule has 2 aromatic rings. The number of carbonyl (C=O) groups excluding carboxylic acids is 2. The number of anilines is 2. The Balaban J connectivity index is 1.86. The van der Waals surface area contributed by atoms with Crippen LogP contribution >= 0.6 is 0 Å². The lowest BCUT2D eigenvalue weighted by atomic mass is 10.3. The summed E-state index contributed by atoms with van der Waals surface area (Å²) in [5.41, 5.74) is 1.43. The van der Waals surface area contributed by atoms with E-state index in [2.05, 4.69) is 10.3 Å². The first-order valence-electron chi connectivity index (χ1n) is 6.73. The number of amides is 2. The molecule has 114 valence electrons. The molecular formula is C16H17N3O3. The standard InChI is InChI=1S/C16H17N3O3/c1-12(20)19(2)14-3-5-15(6-4-14)22-11-16(21)18-13-7-9-17-10-8-13/h3-10H,11H2,1-2H3,(H,17,18,21). The summed E-state index contributed by atoms with van der Waals surface area (Å²) in [6.07, 6.45) is 3.20. The topological polar surface area (TPSA) is 71.5 Å². The molecule has 0 bridgehead atoms. The quantitative estimate of drug-likeness (QED) is 0.917. The lowest BCUT2D eigenvalue weighted by molar-refractivity contribution is -0.118. The number of nitrogens with zero attached hydrogens (tertiary/aromatic N) is 2.